The second kappa shape index (κ2) is 16.6. The van der Waals surface area contributed by atoms with Crippen molar-refractivity contribution in [3.05, 3.63) is 83.2 Å². The number of benzene rings is 2. The third-order valence-corrected chi connectivity index (χ3v) is 11.6. The third-order valence-electron chi connectivity index (χ3n) is 9.57. The SMILES string of the molecule is CCCCC1(CCCC)CS(=O)(=O)c2ccc(N(C)C)cc2[C@@H](c2ccc(OCc3cccc(CC(CC(=O)O)CC(=O)O)n3)cc2)[C@H]1O. The zero-order valence-electron chi connectivity index (χ0n) is 29.0. The molecule has 2 aromatic carbocycles. The van der Waals surface area contributed by atoms with Gasteiger partial charge in [0.05, 0.1) is 22.4 Å². The molecule has 0 spiro atoms. The van der Waals surface area contributed by atoms with E-state index < -0.39 is 45.1 Å². The maximum atomic E-state index is 14.1. The Kier molecular flexibility index (Phi) is 12.8. The first-order valence-electron chi connectivity index (χ1n) is 17.1. The van der Waals surface area contributed by atoms with Crippen LogP contribution in [0.1, 0.15) is 93.6 Å². The number of hydrogen-bond acceptors (Lipinski definition) is 8. The van der Waals surface area contributed by atoms with Gasteiger partial charge >= 0.3 is 11.9 Å². The molecular weight excluding hydrogens is 644 g/mol. The minimum Gasteiger partial charge on any atom is -0.487 e. The molecule has 0 saturated carbocycles. The van der Waals surface area contributed by atoms with Gasteiger partial charge in [-0.1, -0.05) is 57.7 Å². The van der Waals surface area contributed by atoms with E-state index in [0.717, 1.165) is 36.9 Å². The zero-order valence-corrected chi connectivity index (χ0v) is 29.8. The van der Waals surface area contributed by atoms with Crippen molar-refractivity contribution >= 4 is 27.5 Å². The summed E-state index contributed by atoms with van der Waals surface area (Å²) in [6.07, 6.45) is 3.46. The summed E-state index contributed by atoms with van der Waals surface area (Å²) in [5.74, 6) is -2.79. The predicted octanol–water partition coefficient (Wildman–Crippen LogP) is 6.48. The van der Waals surface area contributed by atoms with Crippen LogP contribution in [-0.4, -0.2) is 66.6 Å². The number of hydrogen-bond donors (Lipinski definition) is 3. The highest BCUT2D eigenvalue weighted by molar-refractivity contribution is 7.91. The molecule has 0 bridgehead atoms. The topological polar surface area (TPSA) is 154 Å². The minimum atomic E-state index is -3.70. The summed E-state index contributed by atoms with van der Waals surface area (Å²) in [5, 5.41) is 30.8. The summed E-state index contributed by atoms with van der Waals surface area (Å²) in [4.78, 5) is 29.3. The van der Waals surface area contributed by atoms with Gasteiger partial charge in [-0.2, -0.15) is 0 Å². The average molecular weight is 695 g/mol. The fourth-order valence-corrected chi connectivity index (χ4v) is 9.24. The Morgan fingerprint density at radius 1 is 0.939 bits per heavy atom. The Balaban J connectivity index is 1.64. The number of fused-ring (bicyclic) bond motifs is 1. The molecule has 3 aromatic rings. The molecule has 3 N–H and O–H groups in total. The number of anilines is 1. The zero-order chi connectivity index (χ0) is 35.8. The normalized spacial score (nSPS) is 18.0. The first kappa shape index (κ1) is 37.9. The Morgan fingerprint density at radius 3 is 2.12 bits per heavy atom. The summed E-state index contributed by atoms with van der Waals surface area (Å²) in [6, 6.07) is 18.1. The van der Waals surface area contributed by atoms with E-state index in [9.17, 15) is 33.3 Å². The van der Waals surface area contributed by atoms with E-state index in [4.69, 9.17) is 4.74 Å². The number of aliphatic hydroxyl groups is 1. The molecule has 0 unspecified atom stereocenters. The molecule has 2 heterocycles. The number of aliphatic carboxylic acids is 2. The number of nitrogens with zero attached hydrogens (tertiary/aromatic N) is 2. The number of carboxylic acid groups (broad SMARTS) is 2. The van der Waals surface area contributed by atoms with Gasteiger partial charge in [-0.15, -0.1) is 0 Å². The Labute approximate surface area is 290 Å². The van der Waals surface area contributed by atoms with Crippen LogP contribution in [0, 0.1) is 11.3 Å². The molecule has 0 saturated heterocycles. The molecule has 0 radical (unpaired) electrons. The number of ether oxygens (including phenoxy) is 1. The van der Waals surface area contributed by atoms with E-state index in [1.54, 1.807) is 24.3 Å². The van der Waals surface area contributed by atoms with Crippen molar-refractivity contribution in [1.29, 1.82) is 0 Å². The van der Waals surface area contributed by atoms with Crippen molar-refractivity contribution in [1.82, 2.24) is 4.98 Å². The molecule has 0 aliphatic carbocycles. The van der Waals surface area contributed by atoms with Crippen LogP contribution in [0.25, 0.3) is 0 Å². The van der Waals surface area contributed by atoms with Crippen LogP contribution < -0.4 is 9.64 Å². The van der Waals surface area contributed by atoms with Crippen molar-refractivity contribution in [2.24, 2.45) is 11.3 Å². The minimum absolute atomic E-state index is 0.0907. The average Bonchev–Trinajstić information content (AvgIpc) is 3.11. The maximum Gasteiger partial charge on any atom is 0.303 e. The van der Waals surface area contributed by atoms with Gasteiger partial charge in [-0.05, 0) is 78.8 Å². The van der Waals surface area contributed by atoms with E-state index in [1.807, 2.05) is 55.4 Å². The Morgan fingerprint density at radius 2 is 1.55 bits per heavy atom. The lowest BCUT2D eigenvalue weighted by atomic mass is 9.68. The predicted molar refractivity (Wildman–Crippen MR) is 189 cm³/mol. The second-order valence-electron chi connectivity index (χ2n) is 13.6. The van der Waals surface area contributed by atoms with Crippen LogP contribution >= 0.6 is 0 Å². The molecule has 49 heavy (non-hydrogen) atoms. The Hall–Kier alpha value is -3.96. The van der Waals surface area contributed by atoms with Gasteiger partial charge in [0.2, 0.25) is 0 Å². The van der Waals surface area contributed by atoms with Gasteiger partial charge < -0.3 is 25.0 Å². The van der Waals surface area contributed by atoms with Gasteiger partial charge in [-0.25, -0.2) is 8.42 Å². The van der Waals surface area contributed by atoms with Crippen LogP contribution in [0.5, 0.6) is 5.75 Å². The summed E-state index contributed by atoms with van der Waals surface area (Å²) >= 11 is 0. The first-order chi connectivity index (χ1) is 23.3. The van der Waals surface area contributed by atoms with Gasteiger partial charge in [0.15, 0.2) is 9.84 Å². The highest BCUT2D eigenvalue weighted by atomic mass is 32.2. The second-order valence-corrected chi connectivity index (χ2v) is 15.6. The van der Waals surface area contributed by atoms with E-state index in [0.29, 0.717) is 35.5 Å². The summed E-state index contributed by atoms with van der Waals surface area (Å²) < 4.78 is 34.2. The molecule has 0 fully saturated rings. The molecule has 11 heteroatoms. The quantitative estimate of drug-likeness (QED) is 0.143. The lowest BCUT2D eigenvalue weighted by Crippen LogP contribution is -2.43. The number of pyridine rings is 1. The van der Waals surface area contributed by atoms with Gasteiger partial charge in [0.25, 0.3) is 0 Å². The molecule has 10 nitrogen and oxygen atoms in total. The van der Waals surface area contributed by atoms with Crippen LogP contribution in [0.3, 0.4) is 0 Å². The van der Waals surface area contributed by atoms with Gasteiger partial charge in [0.1, 0.15) is 12.4 Å². The summed E-state index contributed by atoms with van der Waals surface area (Å²) in [7, 11) is 0.116. The van der Waals surface area contributed by atoms with Crippen molar-refractivity contribution in [3.8, 4) is 5.75 Å². The number of carboxylic acids is 2. The summed E-state index contributed by atoms with van der Waals surface area (Å²) in [5.41, 5.74) is 2.66. The number of aliphatic hydroxyl groups excluding tert-OH is 1. The highest BCUT2D eigenvalue weighted by Crippen LogP contribution is 2.50. The van der Waals surface area contributed by atoms with Crippen LogP contribution in [-0.2, 0) is 32.5 Å². The van der Waals surface area contributed by atoms with Crippen molar-refractivity contribution < 1.29 is 38.1 Å². The molecule has 266 valence electrons. The fraction of sp³-hybridized carbons (Fsp3) is 0.500. The van der Waals surface area contributed by atoms with E-state index in [1.165, 1.54) is 0 Å². The Bertz CT molecular complexity index is 1670. The lowest BCUT2D eigenvalue weighted by molar-refractivity contribution is -0.140. The molecule has 1 aromatic heterocycles. The number of aromatic nitrogens is 1. The van der Waals surface area contributed by atoms with Gasteiger partial charge in [0, 0.05) is 49.7 Å². The molecule has 1 aliphatic heterocycles. The molecule has 0 amide bonds. The third kappa shape index (κ3) is 9.60. The van der Waals surface area contributed by atoms with Crippen molar-refractivity contribution in [3.63, 3.8) is 0 Å². The number of carbonyl (C=O) groups is 2. The fourth-order valence-electron chi connectivity index (χ4n) is 7.05. The molecule has 4 rings (SSSR count). The number of unbranched alkanes of at least 4 members (excludes halogenated alkanes) is 2. The van der Waals surface area contributed by atoms with Crippen LogP contribution in [0.15, 0.2) is 65.6 Å². The van der Waals surface area contributed by atoms with Crippen molar-refractivity contribution in [2.75, 3.05) is 24.7 Å². The number of sulfone groups is 1. The summed E-state index contributed by atoms with van der Waals surface area (Å²) in [6.45, 7) is 4.30. The smallest absolute Gasteiger partial charge is 0.303 e. The van der Waals surface area contributed by atoms with Crippen molar-refractivity contribution in [2.45, 2.75) is 95.2 Å². The molecule has 2 atom stereocenters. The molecular formula is C38H50N2O8S. The first-order valence-corrected chi connectivity index (χ1v) is 18.8. The highest BCUT2D eigenvalue weighted by Gasteiger charge is 2.49. The monoisotopic (exact) mass is 694 g/mol. The number of rotatable bonds is 17. The van der Waals surface area contributed by atoms with Gasteiger partial charge in [-0.3, -0.25) is 14.6 Å². The van der Waals surface area contributed by atoms with E-state index in [2.05, 4.69) is 18.8 Å². The largest absolute Gasteiger partial charge is 0.487 e. The van der Waals surface area contributed by atoms with Crippen LogP contribution in [0.2, 0.25) is 0 Å². The van der Waals surface area contributed by atoms with E-state index >= 15 is 0 Å². The van der Waals surface area contributed by atoms with E-state index in [-0.39, 0.29) is 36.5 Å². The maximum absolute atomic E-state index is 14.1. The molecule has 1 aliphatic rings. The lowest BCUT2D eigenvalue weighted by Gasteiger charge is -2.40. The standard InChI is InChI=1S/C38H50N2O8S/c1-5-7-18-38(19-8-6-2)25-49(46,47)33-17-14-30(40(3)4)23-32(33)36(37(38)45)27-12-15-31(16-13-27)48-24-29-11-9-10-28(39-29)20-26(21-34(41)42)22-35(43)44/h9-17,23,26,36-37,45H,5-8,18-22,24-25H2,1-4H3,(H,41,42)(H,43,44)/t36-,37-/m1/s1. The van der Waals surface area contributed by atoms with Crippen LogP contribution in [0.4, 0.5) is 5.69 Å².